The average molecular weight is 210 g/mol. The number of hydrogen-bond donors (Lipinski definition) is 4. The van der Waals surface area contributed by atoms with Crippen LogP contribution in [0.4, 0.5) is 5.69 Å². The van der Waals surface area contributed by atoms with Gasteiger partial charge in [0.25, 0.3) is 0 Å². The number of nitrogen functional groups attached to an aromatic ring is 1. The summed E-state index contributed by atoms with van der Waals surface area (Å²) in [6.45, 7) is 1.87. The largest absolute Gasteiger partial charge is 0.508 e. The molecule has 0 fully saturated rings. The molecule has 0 heterocycles. The topological polar surface area (TPSA) is 110 Å². The molecule has 0 saturated heterocycles. The molecule has 0 saturated carbocycles. The lowest BCUT2D eigenvalue weighted by Crippen LogP contribution is -2.11. The Morgan fingerprint density at radius 1 is 1.53 bits per heavy atom. The molecule has 1 atom stereocenters. The van der Waals surface area contributed by atoms with Crippen molar-refractivity contribution >= 4 is 11.7 Å². The van der Waals surface area contributed by atoms with Crippen molar-refractivity contribution in [2.45, 2.75) is 19.4 Å². The van der Waals surface area contributed by atoms with Crippen LogP contribution in [-0.2, 0) is 0 Å². The van der Waals surface area contributed by atoms with Gasteiger partial charge in [-0.3, -0.25) is 0 Å². The maximum atomic E-state index is 10.7. The zero-order valence-electron chi connectivity index (χ0n) is 8.40. The Hall–Kier alpha value is -1.75. The molecule has 0 aromatic heterocycles. The second-order valence-electron chi connectivity index (χ2n) is 3.32. The molecular formula is C10H14N2O3. The predicted molar refractivity (Wildman–Crippen MR) is 56.7 cm³/mol. The summed E-state index contributed by atoms with van der Waals surface area (Å²) in [6.07, 6.45) is 0.638. The molecule has 1 aromatic rings. The first-order valence-corrected chi connectivity index (χ1v) is 4.58. The van der Waals surface area contributed by atoms with Gasteiger partial charge in [0.15, 0.2) is 0 Å². The first kappa shape index (κ1) is 11.3. The van der Waals surface area contributed by atoms with Gasteiger partial charge in [-0.2, -0.15) is 0 Å². The number of phenols is 1. The minimum Gasteiger partial charge on any atom is -0.508 e. The number of carboxylic acid groups (broad SMARTS) is 1. The Balaban J connectivity index is 3.25. The molecule has 5 heteroatoms. The molecule has 0 bridgehead atoms. The molecule has 15 heavy (non-hydrogen) atoms. The fraction of sp³-hybridized carbons (Fsp3) is 0.300. The normalized spacial score (nSPS) is 12.4. The lowest BCUT2D eigenvalue weighted by atomic mass is 10.0. The summed E-state index contributed by atoms with van der Waals surface area (Å²) < 4.78 is 0. The molecule has 0 spiro atoms. The van der Waals surface area contributed by atoms with Crippen molar-refractivity contribution in [3.8, 4) is 5.75 Å². The van der Waals surface area contributed by atoms with E-state index >= 15 is 0 Å². The molecule has 5 nitrogen and oxygen atoms in total. The predicted octanol–water partition coefficient (Wildman–Crippen LogP) is 1.08. The van der Waals surface area contributed by atoms with E-state index in [1.54, 1.807) is 0 Å². The summed E-state index contributed by atoms with van der Waals surface area (Å²) in [5.74, 6) is -1.30. The highest BCUT2D eigenvalue weighted by atomic mass is 16.4. The number of anilines is 1. The number of carboxylic acids is 1. The number of aromatic carboxylic acids is 1. The molecule has 6 N–H and O–H groups in total. The van der Waals surface area contributed by atoms with Gasteiger partial charge in [-0.05, 0) is 18.6 Å². The zero-order valence-corrected chi connectivity index (χ0v) is 8.40. The number of benzene rings is 1. The summed E-state index contributed by atoms with van der Waals surface area (Å²) in [4.78, 5) is 10.7. The number of rotatable bonds is 3. The van der Waals surface area contributed by atoms with Crippen LogP contribution in [0.2, 0.25) is 0 Å². The van der Waals surface area contributed by atoms with Crippen LogP contribution in [0.25, 0.3) is 0 Å². The van der Waals surface area contributed by atoms with Gasteiger partial charge < -0.3 is 21.7 Å². The highest BCUT2D eigenvalue weighted by molar-refractivity contribution is 5.94. The van der Waals surface area contributed by atoms with Gasteiger partial charge in [-0.25, -0.2) is 4.79 Å². The van der Waals surface area contributed by atoms with Crippen molar-refractivity contribution < 1.29 is 15.0 Å². The molecule has 82 valence electrons. The third-order valence-electron chi connectivity index (χ3n) is 2.27. The minimum absolute atomic E-state index is 0.110. The molecule has 0 amide bonds. The Labute approximate surface area is 87.3 Å². The van der Waals surface area contributed by atoms with Crippen LogP contribution in [0.1, 0.15) is 35.3 Å². The molecule has 1 rings (SSSR count). The van der Waals surface area contributed by atoms with Gasteiger partial charge in [-0.15, -0.1) is 0 Å². The third kappa shape index (κ3) is 2.19. The summed E-state index contributed by atoms with van der Waals surface area (Å²) in [7, 11) is 0. The summed E-state index contributed by atoms with van der Waals surface area (Å²) in [6, 6.07) is 2.20. The van der Waals surface area contributed by atoms with E-state index < -0.39 is 5.97 Å². The van der Waals surface area contributed by atoms with Gasteiger partial charge in [-0.1, -0.05) is 6.92 Å². The van der Waals surface area contributed by atoms with Gasteiger partial charge in [0, 0.05) is 17.3 Å². The van der Waals surface area contributed by atoms with E-state index in [0.29, 0.717) is 12.0 Å². The van der Waals surface area contributed by atoms with Gasteiger partial charge >= 0.3 is 5.97 Å². The van der Waals surface area contributed by atoms with Crippen LogP contribution in [0.5, 0.6) is 5.75 Å². The van der Waals surface area contributed by atoms with Crippen molar-refractivity contribution in [3.63, 3.8) is 0 Å². The van der Waals surface area contributed by atoms with E-state index in [1.165, 1.54) is 6.07 Å². The summed E-state index contributed by atoms with van der Waals surface area (Å²) >= 11 is 0. The van der Waals surface area contributed by atoms with Crippen LogP contribution < -0.4 is 11.5 Å². The van der Waals surface area contributed by atoms with E-state index in [0.717, 1.165) is 6.07 Å². The second kappa shape index (κ2) is 4.18. The van der Waals surface area contributed by atoms with Crippen molar-refractivity contribution in [1.29, 1.82) is 0 Å². The Bertz CT molecular complexity index is 390. The van der Waals surface area contributed by atoms with E-state index in [1.807, 2.05) is 6.92 Å². The minimum atomic E-state index is -1.17. The maximum absolute atomic E-state index is 10.7. The van der Waals surface area contributed by atoms with Crippen molar-refractivity contribution in [2.24, 2.45) is 5.73 Å². The monoisotopic (exact) mass is 210 g/mol. The molecule has 0 aliphatic carbocycles. The third-order valence-corrected chi connectivity index (χ3v) is 2.27. The van der Waals surface area contributed by atoms with E-state index in [-0.39, 0.29) is 23.0 Å². The van der Waals surface area contributed by atoms with Crippen LogP contribution >= 0.6 is 0 Å². The number of carbonyl (C=O) groups is 1. The molecule has 0 unspecified atom stereocenters. The Morgan fingerprint density at radius 3 is 2.60 bits per heavy atom. The maximum Gasteiger partial charge on any atom is 0.337 e. The van der Waals surface area contributed by atoms with Gasteiger partial charge in [0.05, 0.1) is 5.56 Å². The fourth-order valence-corrected chi connectivity index (χ4v) is 1.32. The molecule has 1 aromatic carbocycles. The Morgan fingerprint density at radius 2 is 2.13 bits per heavy atom. The quantitative estimate of drug-likeness (QED) is 0.441. The number of aromatic hydroxyl groups is 1. The average Bonchev–Trinajstić information content (AvgIpc) is 2.19. The highest BCUT2D eigenvalue weighted by Gasteiger charge is 2.15. The molecular weight excluding hydrogens is 196 g/mol. The van der Waals surface area contributed by atoms with E-state index in [9.17, 15) is 9.90 Å². The van der Waals surface area contributed by atoms with Crippen molar-refractivity contribution in [2.75, 3.05) is 5.73 Å². The van der Waals surface area contributed by atoms with Gasteiger partial charge in [0.2, 0.25) is 0 Å². The van der Waals surface area contributed by atoms with Crippen LogP contribution in [0.3, 0.4) is 0 Å². The number of nitrogens with two attached hydrogens (primary N) is 2. The smallest absolute Gasteiger partial charge is 0.337 e. The highest BCUT2D eigenvalue weighted by Crippen LogP contribution is 2.29. The molecule has 0 aliphatic rings. The van der Waals surface area contributed by atoms with Crippen LogP contribution in [-0.4, -0.2) is 16.2 Å². The standard InChI is InChI=1S/C10H14N2O3/c1-2-7(11)5-3-8(12)6(10(14)15)4-9(5)13/h3-4,7,13H,2,11-12H2,1H3,(H,14,15)/t7-/m1/s1. The first-order valence-electron chi connectivity index (χ1n) is 4.58. The fourth-order valence-electron chi connectivity index (χ4n) is 1.32. The van der Waals surface area contributed by atoms with Crippen LogP contribution in [0, 0.1) is 0 Å². The zero-order chi connectivity index (χ0) is 11.6. The molecule has 0 aliphatic heterocycles. The lowest BCUT2D eigenvalue weighted by molar-refractivity contribution is 0.0697. The van der Waals surface area contributed by atoms with Crippen LogP contribution in [0.15, 0.2) is 12.1 Å². The summed E-state index contributed by atoms with van der Waals surface area (Å²) in [5, 5.41) is 18.3. The van der Waals surface area contributed by atoms with E-state index in [2.05, 4.69) is 0 Å². The van der Waals surface area contributed by atoms with Crippen molar-refractivity contribution in [3.05, 3.63) is 23.3 Å². The van der Waals surface area contributed by atoms with Gasteiger partial charge in [0.1, 0.15) is 5.75 Å². The second-order valence-corrected chi connectivity index (χ2v) is 3.32. The number of phenolic OH excluding ortho intramolecular Hbond substituents is 1. The first-order chi connectivity index (χ1) is 6.97. The van der Waals surface area contributed by atoms with E-state index in [4.69, 9.17) is 16.6 Å². The molecule has 0 radical (unpaired) electrons. The van der Waals surface area contributed by atoms with Crippen molar-refractivity contribution in [1.82, 2.24) is 0 Å². The lowest BCUT2D eigenvalue weighted by Gasteiger charge is -2.13. The number of hydrogen-bond acceptors (Lipinski definition) is 4. The Kier molecular flexibility index (Phi) is 3.16. The summed E-state index contributed by atoms with van der Waals surface area (Å²) in [5.41, 5.74) is 11.7. The SMILES string of the molecule is CC[C@@H](N)c1cc(N)c(C(=O)O)cc1O.